The van der Waals surface area contributed by atoms with Gasteiger partial charge in [-0.25, -0.2) is 4.52 Å². The molecule has 0 spiro atoms. The number of carbonyl (C=O) groups excluding carboxylic acids is 1. The summed E-state index contributed by atoms with van der Waals surface area (Å²) in [5.41, 5.74) is 3.55. The van der Waals surface area contributed by atoms with E-state index >= 15 is 0 Å². The Balaban J connectivity index is 2.84. The summed E-state index contributed by atoms with van der Waals surface area (Å²) in [4.78, 5) is 11.4. The lowest BCUT2D eigenvalue weighted by atomic mass is 10.1. The molecule has 0 amide bonds. The van der Waals surface area contributed by atoms with Gasteiger partial charge >= 0.3 is 0 Å². The zero-order chi connectivity index (χ0) is 10.3. The number of hydrogen-bond donors (Lipinski definition) is 0. The Hall–Kier alpha value is -1.64. The summed E-state index contributed by atoms with van der Waals surface area (Å²) in [5, 5.41) is 4.29. The standard InChI is InChI=1S/C11H12N2O/c1-7-4-5-10-11(9(3)14)8(2)12-13(10)6-7/h4-6H,1-3H3. The van der Waals surface area contributed by atoms with Crippen LogP contribution in [0.2, 0.25) is 0 Å². The maximum atomic E-state index is 11.4. The van der Waals surface area contributed by atoms with Crippen LogP contribution in [0.25, 0.3) is 5.52 Å². The van der Waals surface area contributed by atoms with Gasteiger partial charge in [0.05, 0.1) is 16.8 Å². The number of aromatic nitrogens is 2. The van der Waals surface area contributed by atoms with Crippen LogP contribution in [-0.4, -0.2) is 15.4 Å². The molecule has 0 aromatic carbocycles. The van der Waals surface area contributed by atoms with Crippen LogP contribution in [0.5, 0.6) is 0 Å². The molecule has 14 heavy (non-hydrogen) atoms. The fourth-order valence-electron chi connectivity index (χ4n) is 1.70. The third-order valence-corrected chi connectivity index (χ3v) is 2.30. The zero-order valence-corrected chi connectivity index (χ0v) is 8.53. The largest absolute Gasteiger partial charge is 0.294 e. The van der Waals surface area contributed by atoms with Crippen molar-refractivity contribution >= 4 is 11.3 Å². The molecule has 0 fully saturated rings. The SMILES string of the molecule is CC(=O)c1c(C)nn2cc(C)ccc12. The van der Waals surface area contributed by atoms with Crippen molar-refractivity contribution in [2.24, 2.45) is 0 Å². The molecule has 0 aliphatic carbocycles. The predicted octanol–water partition coefficient (Wildman–Crippen LogP) is 2.15. The van der Waals surface area contributed by atoms with Crippen LogP contribution in [0.1, 0.15) is 28.5 Å². The number of nitrogens with zero attached hydrogens (tertiary/aromatic N) is 2. The highest BCUT2D eigenvalue weighted by Gasteiger charge is 2.12. The molecule has 0 radical (unpaired) electrons. The van der Waals surface area contributed by atoms with Gasteiger partial charge < -0.3 is 0 Å². The lowest BCUT2D eigenvalue weighted by Crippen LogP contribution is -1.93. The fraction of sp³-hybridized carbons (Fsp3) is 0.273. The van der Waals surface area contributed by atoms with Gasteiger partial charge in [-0.2, -0.15) is 5.10 Å². The van der Waals surface area contributed by atoms with Crippen molar-refractivity contribution in [2.45, 2.75) is 20.8 Å². The van der Waals surface area contributed by atoms with Gasteiger partial charge in [-0.1, -0.05) is 6.07 Å². The highest BCUT2D eigenvalue weighted by molar-refractivity contribution is 6.01. The number of fused-ring (bicyclic) bond motifs is 1. The highest BCUT2D eigenvalue weighted by atomic mass is 16.1. The molecule has 0 atom stereocenters. The van der Waals surface area contributed by atoms with E-state index in [1.807, 2.05) is 32.2 Å². The van der Waals surface area contributed by atoms with Gasteiger partial charge in [0.15, 0.2) is 5.78 Å². The van der Waals surface area contributed by atoms with Crippen LogP contribution in [0.15, 0.2) is 18.3 Å². The van der Waals surface area contributed by atoms with E-state index in [1.165, 1.54) is 0 Å². The predicted molar refractivity (Wildman–Crippen MR) is 54.7 cm³/mol. The van der Waals surface area contributed by atoms with Gasteiger partial charge in [-0.05, 0) is 32.4 Å². The summed E-state index contributed by atoms with van der Waals surface area (Å²) in [7, 11) is 0. The molecular formula is C11H12N2O. The molecule has 72 valence electrons. The molecule has 2 aromatic heterocycles. The maximum Gasteiger partial charge on any atom is 0.163 e. The van der Waals surface area contributed by atoms with Gasteiger partial charge in [-0.15, -0.1) is 0 Å². The van der Waals surface area contributed by atoms with E-state index in [9.17, 15) is 4.79 Å². The summed E-state index contributed by atoms with van der Waals surface area (Å²) in [6.07, 6.45) is 1.93. The summed E-state index contributed by atoms with van der Waals surface area (Å²) in [6.45, 7) is 5.44. The molecule has 0 unspecified atom stereocenters. The number of hydrogen-bond acceptors (Lipinski definition) is 2. The van der Waals surface area contributed by atoms with E-state index in [-0.39, 0.29) is 5.78 Å². The Kier molecular flexibility index (Phi) is 1.88. The number of carbonyl (C=O) groups is 1. The second-order valence-electron chi connectivity index (χ2n) is 3.55. The summed E-state index contributed by atoms with van der Waals surface area (Å²) >= 11 is 0. The lowest BCUT2D eigenvalue weighted by Gasteiger charge is -1.96. The molecule has 3 heteroatoms. The van der Waals surface area contributed by atoms with Crippen molar-refractivity contribution in [3.63, 3.8) is 0 Å². The van der Waals surface area contributed by atoms with Crippen LogP contribution < -0.4 is 0 Å². The smallest absolute Gasteiger partial charge is 0.163 e. The normalized spacial score (nSPS) is 10.8. The molecule has 0 aliphatic heterocycles. The molecule has 0 saturated heterocycles. The molecule has 0 aliphatic rings. The van der Waals surface area contributed by atoms with E-state index in [4.69, 9.17) is 0 Å². The molecule has 0 bridgehead atoms. The molecule has 2 aromatic rings. The molecule has 2 rings (SSSR count). The average molecular weight is 188 g/mol. The van der Waals surface area contributed by atoms with Crippen molar-refractivity contribution < 1.29 is 4.79 Å². The van der Waals surface area contributed by atoms with Gasteiger partial charge in [-0.3, -0.25) is 4.79 Å². The van der Waals surface area contributed by atoms with Crippen LogP contribution >= 0.6 is 0 Å². The third kappa shape index (κ3) is 1.21. The zero-order valence-electron chi connectivity index (χ0n) is 8.53. The van der Waals surface area contributed by atoms with Crippen LogP contribution in [0.4, 0.5) is 0 Å². The Bertz CT molecular complexity index is 511. The van der Waals surface area contributed by atoms with Gasteiger partial charge in [0.25, 0.3) is 0 Å². The van der Waals surface area contributed by atoms with Crippen molar-refractivity contribution in [1.29, 1.82) is 0 Å². The fourth-order valence-corrected chi connectivity index (χ4v) is 1.70. The van der Waals surface area contributed by atoms with Crippen molar-refractivity contribution in [3.8, 4) is 0 Å². The third-order valence-electron chi connectivity index (χ3n) is 2.30. The van der Waals surface area contributed by atoms with Crippen molar-refractivity contribution in [3.05, 3.63) is 35.2 Å². The second kappa shape index (κ2) is 2.94. The van der Waals surface area contributed by atoms with Crippen LogP contribution in [0.3, 0.4) is 0 Å². The Morgan fingerprint density at radius 1 is 1.36 bits per heavy atom. The number of ketones is 1. The minimum atomic E-state index is 0.0707. The van der Waals surface area contributed by atoms with Gasteiger partial charge in [0.2, 0.25) is 0 Å². The maximum absolute atomic E-state index is 11.4. The Labute approximate surface area is 82.4 Å². The van der Waals surface area contributed by atoms with E-state index < -0.39 is 0 Å². The Morgan fingerprint density at radius 2 is 2.07 bits per heavy atom. The summed E-state index contributed by atoms with van der Waals surface area (Å²) < 4.78 is 1.77. The van der Waals surface area contributed by atoms with E-state index in [2.05, 4.69) is 5.10 Å². The number of pyridine rings is 1. The summed E-state index contributed by atoms with van der Waals surface area (Å²) in [6, 6.07) is 3.93. The number of aryl methyl sites for hydroxylation is 2. The van der Waals surface area contributed by atoms with Crippen LogP contribution in [0, 0.1) is 13.8 Å². The van der Waals surface area contributed by atoms with Crippen LogP contribution in [-0.2, 0) is 0 Å². The molecule has 3 nitrogen and oxygen atoms in total. The van der Waals surface area contributed by atoms with Gasteiger partial charge in [0.1, 0.15) is 0 Å². The topological polar surface area (TPSA) is 34.4 Å². The van der Waals surface area contributed by atoms with Gasteiger partial charge in [0, 0.05) is 6.20 Å². The Morgan fingerprint density at radius 3 is 2.71 bits per heavy atom. The molecule has 0 saturated carbocycles. The van der Waals surface area contributed by atoms with Crippen molar-refractivity contribution in [2.75, 3.05) is 0 Å². The minimum absolute atomic E-state index is 0.0707. The lowest BCUT2D eigenvalue weighted by molar-refractivity contribution is 0.101. The number of rotatable bonds is 1. The second-order valence-corrected chi connectivity index (χ2v) is 3.55. The first-order chi connectivity index (χ1) is 6.59. The highest BCUT2D eigenvalue weighted by Crippen LogP contribution is 2.16. The van der Waals surface area contributed by atoms with Crippen molar-refractivity contribution in [1.82, 2.24) is 9.61 Å². The molecular weight excluding hydrogens is 176 g/mol. The van der Waals surface area contributed by atoms with E-state index in [0.717, 1.165) is 22.3 Å². The molecule has 2 heterocycles. The number of Topliss-reactive ketones (excluding diaryl/α,β-unsaturated/α-hetero) is 1. The molecule has 0 N–H and O–H groups in total. The van der Waals surface area contributed by atoms with E-state index in [0.29, 0.717) is 0 Å². The minimum Gasteiger partial charge on any atom is -0.294 e. The monoisotopic (exact) mass is 188 g/mol. The average Bonchev–Trinajstić information content (AvgIpc) is 2.39. The first-order valence-electron chi connectivity index (χ1n) is 4.56. The quantitative estimate of drug-likeness (QED) is 0.642. The van der Waals surface area contributed by atoms with E-state index in [1.54, 1.807) is 11.4 Å². The summed E-state index contributed by atoms with van der Waals surface area (Å²) in [5.74, 6) is 0.0707. The first kappa shape index (κ1) is 8.94. The first-order valence-corrected chi connectivity index (χ1v) is 4.56.